The largest absolute Gasteiger partial charge is 0.253 e. The van der Waals surface area contributed by atoms with Crippen LogP contribution in [0.4, 0.5) is 0 Å². The van der Waals surface area contributed by atoms with Crippen LogP contribution in [-0.4, -0.2) is 25.3 Å². The zero-order valence-corrected chi connectivity index (χ0v) is 13.7. The van der Waals surface area contributed by atoms with E-state index in [1.165, 1.54) is 15.6 Å². The van der Waals surface area contributed by atoms with Gasteiger partial charge >= 0.3 is 0 Å². The summed E-state index contributed by atoms with van der Waals surface area (Å²) in [7, 11) is -3.50. The first kappa shape index (κ1) is 15.3. The van der Waals surface area contributed by atoms with Gasteiger partial charge in [-0.2, -0.15) is 4.31 Å². The van der Waals surface area contributed by atoms with Crippen molar-refractivity contribution in [3.8, 4) is 22.8 Å². The summed E-state index contributed by atoms with van der Waals surface area (Å²) in [5, 5.41) is 0. The summed E-state index contributed by atoms with van der Waals surface area (Å²) in [5.74, 6) is 2.62. The number of hydrogen-bond donors (Lipinski definition) is 0. The van der Waals surface area contributed by atoms with Gasteiger partial charge in [0, 0.05) is 11.4 Å². The number of rotatable bonds is 3. The molecular weight excluding hydrogens is 314 g/mol. The van der Waals surface area contributed by atoms with Crippen LogP contribution in [-0.2, 0) is 10.0 Å². The van der Waals surface area contributed by atoms with Gasteiger partial charge in [0.2, 0.25) is 0 Å². The summed E-state index contributed by atoms with van der Waals surface area (Å²) in [6, 6.07) is 13.0. The van der Waals surface area contributed by atoms with Crippen molar-refractivity contribution in [3.63, 3.8) is 0 Å². The van der Waals surface area contributed by atoms with Crippen molar-refractivity contribution in [1.82, 2.24) is 4.31 Å². The highest BCUT2D eigenvalue weighted by molar-refractivity contribution is 7.91. The molecule has 0 saturated carbocycles. The molecule has 1 aliphatic rings. The second-order valence-corrected chi connectivity index (χ2v) is 8.48. The predicted octanol–water partition coefficient (Wildman–Crippen LogP) is 3.59. The van der Waals surface area contributed by atoms with E-state index >= 15 is 0 Å². The molecule has 0 bridgehead atoms. The fourth-order valence-electron chi connectivity index (χ4n) is 2.69. The zero-order valence-electron chi connectivity index (χ0n) is 12.1. The molecule has 1 atom stereocenters. The van der Waals surface area contributed by atoms with Crippen molar-refractivity contribution >= 4 is 21.4 Å². The molecule has 0 spiro atoms. The second kappa shape index (κ2) is 6.25. The van der Waals surface area contributed by atoms with Crippen LogP contribution in [0.5, 0.6) is 0 Å². The summed E-state index contributed by atoms with van der Waals surface area (Å²) in [6.45, 7) is 0.510. The molecule has 1 aromatic heterocycles. The van der Waals surface area contributed by atoms with E-state index in [4.69, 9.17) is 6.42 Å². The van der Waals surface area contributed by atoms with Crippen LogP contribution in [0.25, 0.3) is 10.4 Å². The average Bonchev–Trinajstić information content (AvgIpc) is 3.06. The zero-order chi connectivity index (χ0) is 15.6. The number of benzene rings is 1. The quantitative estimate of drug-likeness (QED) is 0.806. The molecule has 0 aliphatic carbocycles. The standard InChI is InChI=1S/C17H17NO2S2/c1-2-15-10-6-7-13-18(15)22(19,20)17-12-11-16(21-17)14-8-4-3-5-9-14/h1,3-5,8-9,11-12,15H,6-7,10,13H2. The first-order valence-corrected chi connectivity index (χ1v) is 9.52. The topological polar surface area (TPSA) is 37.4 Å². The highest BCUT2D eigenvalue weighted by Crippen LogP contribution is 2.34. The van der Waals surface area contributed by atoms with Crippen molar-refractivity contribution in [1.29, 1.82) is 0 Å². The lowest BCUT2D eigenvalue weighted by molar-refractivity contribution is 0.300. The predicted molar refractivity (Wildman–Crippen MR) is 90.1 cm³/mol. The Balaban J connectivity index is 1.93. The number of hydrogen-bond acceptors (Lipinski definition) is 3. The fraction of sp³-hybridized carbons (Fsp3) is 0.294. The summed E-state index contributed by atoms with van der Waals surface area (Å²) < 4.78 is 27.5. The number of thiophene rings is 1. The van der Waals surface area contributed by atoms with E-state index in [0.29, 0.717) is 10.8 Å². The molecule has 22 heavy (non-hydrogen) atoms. The molecule has 1 fully saturated rings. The minimum Gasteiger partial charge on any atom is -0.206 e. The monoisotopic (exact) mass is 331 g/mol. The van der Waals surface area contributed by atoms with Crippen LogP contribution in [0, 0.1) is 12.3 Å². The van der Waals surface area contributed by atoms with Gasteiger partial charge in [-0.05, 0) is 37.0 Å². The minimum atomic E-state index is -3.50. The molecule has 2 heterocycles. The van der Waals surface area contributed by atoms with Gasteiger partial charge < -0.3 is 0 Å². The molecule has 1 aliphatic heterocycles. The molecule has 3 nitrogen and oxygen atoms in total. The Morgan fingerprint density at radius 1 is 1.14 bits per heavy atom. The van der Waals surface area contributed by atoms with Gasteiger partial charge in [0.15, 0.2) is 0 Å². The van der Waals surface area contributed by atoms with Gasteiger partial charge in [-0.3, -0.25) is 0 Å². The van der Waals surface area contributed by atoms with Crippen molar-refractivity contribution in [2.24, 2.45) is 0 Å². The molecule has 1 saturated heterocycles. The Bertz CT molecular complexity index is 788. The SMILES string of the molecule is C#CC1CCCCN1S(=O)(=O)c1ccc(-c2ccccc2)s1. The molecule has 0 N–H and O–H groups in total. The van der Waals surface area contributed by atoms with E-state index in [9.17, 15) is 8.42 Å². The van der Waals surface area contributed by atoms with Gasteiger partial charge in [0.05, 0.1) is 6.04 Å². The van der Waals surface area contributed by atoms with Crippen LogP contribution in [0.1, 0.15) is 19.3 Å². The summed E-state index contributed by atoms with van der Waals surface area (Å²) in [5.41, 5.74) is 1.03. The Kier molecular flexibility index (Phi) is 4.34. The third-order valence-corrected chi connectivity index (χ3v) is 7.36. The molecule has 1 aromatic carbocycles. The van der Waals surface area contributed by atoms with Crippen LogP contribution < -0.4 is 0 Å². The normalized spacial score (nSPS) is 19.7. The van der Waals surface area contributed by atoms with E-state index in [1.54, 1.807) is 6.07 Å². The van der Waals surface area contributed by atoms with Crippen LogP contribution in [0.3, 0.4) is 0 Å². The Labute approximate surface area is 135 Å². The van der Waals surface area contributed by atoms with E-state index < -0.39 is 10.0 Å². The summed E-state index contributed by atoms with van der Waals surface area (Å²) in [4.78, 5) is 0.952. The third-order valence-electron chi connectivity index (χ3n) is 3.85. The highest BCUT2D eigenvalue weighted by Gasteiger charge is 2.33. The lowest BCUT2D eigenvalue weighted by Gasteiger charge is -2.30. The molecule has 2 aromatic rings. The van der Waals surface area contributed by atoms with E-state index in [-0.39, 0.29) is 6.04 Å². The van der Waals surface area contributed by atoms with E-state index in [2.05, 4.69) is 5.92 Å². The van der Waals surface area contributed by atoms with E-state index in [1.807, 2.05) is 36.4 Å². The van der Waals surface area contributed by atoms with Gasteiger partial charge in [0.1, 0.15) is 4.21 Å². The lowest BCUT2D eigenvalue weighted by atomic mass is 10.1. The molecule has 3 rings (SSSR count). The van der Waals surface area contributed by atoms with Crippen LogP contribution in [0.2, 0.25) is 0 Å². The van der Waals surface area contributed by atoms with Crippen molar-refractivity contribution in [2.75, 3.05) is 6.54 Å². The number of nitrogens with zero attached hydrogens (tertiary/aromatic N) is 1. The van der Waals surface area contributed by atoms with Gasteiger partial charge in [0.25, 0.3) is 10.0 Å². The first-order valence-electron chi connectivity index (χ1n) is 7.26. The number of sulfonamides is 1. The summed E-state index contributed by atoms with van der Waals surface area (Å²) >= 11 is 1.30. The van der Waals surface area contributed by atoms with Crippen molar-refractivity contribution < 1.29 is 8.42 Å². The molecule has 5 heteroatoms. The van der Waals surface area contributed by atoms with Crippen molar-refractivity contribution in [3.05, 3.63) is 42.5 Å². The average molecular weight is 331 g/mol. The van der Waals surface area contributed by atoms with E-state index in [0.717, 1.165) is 29.7 Å². The maximum absolute atomic E-state index is 12.8. The molecule has 1 unspecified atom stereocenters. The Morgan fingerprint density at radius 2 is 1.91 bits per heavy atom. The molecule has 0 radical (unpaired) electrons. The van der Waals surface area contributed by atoms with Gasteiger partial charge in [-0.15, -0.1) is 17.8 Å². The minimum absolute atomic E-state index is 0.318. The fourth-order valence-corrected chi connectivity index (χ4v) is 5.75. The van der Waals surface area contributed by atoms with Gasteiger partial charge in [-0.25, -0.2) is 8.42 Å². The smallest absolute Gasteiger partial charge is 0.206 e. The van der Waals surface area contributed by atoms with Crippen molar-refractivity contribution in [2.45, 2.75) is 29.5 Å². The maximum atomic E-state index is 12.8. The Hall–Kier alpha value is -1.61. The highest BCUT2D eigenvalue weighted by atomic mass is 32.2. The molecule has 114 valence electrons. The molecular formula is C17H17NO2S2. The maximum Gasteiger partial charge on any atom is 0.253 e. The first-order chi connectivity index (χ1) is 10.6. The number of piperidine rings is 1. The van der Waals surface area contributed by atoms with Crippen LogP contribution in [0.15, 0.2) is 46.7 Å². The Morgan fingerprint density at radius 3 is 2.64 bits per heavy atom. The van der Waals surface area contributed by atoms with Crippen LogP contribution >= 0.6 is 11.3 Å². The summed E-state index contributed by atoms with van der Waals surface area (Å²) in [6.07, 6.45) is 8.11. The lowest BCUT2D eigenvalue weighted by Crippen LogP contribution is -2.42. The van der Waals surface area contributed by atoms with Gasteiger partial charge in [-0.1, -0.05) is 36.3 Å². The molecule has 0 amide bonds. The second-order valence-electron chi connectivity index (χ2n) is 5.28. The number of terminal acetylenes is 1. The third kappa shape index (κ3) is 2.82.